The Kier molecular flexibility index (Phi) is 2.55. The van der Waals surface area contributed by atoms with E-state index in [0.29, 0.717) is 10.9 Å². The summed E-state index contributed by atoms with van der Waals surface area (Å²) in [6.07, 6.45) is 1.62. The van der Waals surface area contributed by atoms with Crippen LogP contribution in [-0.2, 0) is 9.59 Å². The van der Waals surface area contributed by atoms with Gasteiger partial charge in [-0.3, -0.25) is 19.4 Å². The van der Waals surface area contributed by atoms with Gasteiger partial charge in [0, 0.05) is 17.1 Å². The lowest BCUT2D eigenvalue weighted by atomic mass is 10.0. The summed E-state index contributed by atoms with van der Waals surface area (Å²) < 4.78 is 0. The van der Waals surface area contributed by atoms with E-state index in [1.54, 1.807) is 30.5 Å². The van der Waals surface area contributed by atoms with Crippen LogP contribution in [0.25, 0.3) is 10.9 Å². The number of ketones is 2. The van der Waals surface area contributed by atoms with Crippen LogP contribution >= 0.6 is 0 Å². The first-order valence-electron chi connectivity index (χ1n) is 4.61. The standard InChI is InChI=1S/C12H7NO3/c14-7-11(15)12(16)9-3-1-5-10-8(9)4-2-6-13-10/h1-7H. The van der Waals surface area contributed by atoms with E-state index in [4.69, 9.17) is 0 Å². The highest BCUT2D eigenvalue weighted by atomic mass is 16.2. The van der Waals surface area contributed by atoms with Gasteiger partial charge in [-0.15, -0.1) is 0 Å². The molecule has 0 saturated carbocycles. The number of nitrogens with zero attached hydrogens (tertiary/aromatic N) is 1. The van der Waals surface area contributed by atoms with Crippen molar-refractivity contribution in [3.8, 4) is 0 Å². The third kappa shape index (κ3) is 1.61. The second-order valence-electron chi connectivity index (χ2n) is 3.19. The maximum atomic E-state index is 11.6. The summed E-state index contributed by atoms with van der Waals surface area (Å²) in [5.74, 6) is -1.84. The molecule has 78 valence electrons. The van der Waals surface area contributed by atoms with E-state index in [0.717, 1.165) is 0 Å². The number of aromatic nitrogens is 1. The van der Waals surface area contributed by atoms with E-state index in [1.807, 2.05) is 0 Å². The van der Waals surface area contributed by atoms with E-state index in [1.165, 1.54) is 6.07 Å². The molecule has 0 amide bonds. The van der Waals surface area contributed by atoms with Gasteiger partial charge in [0.1, 0.15) is 0 Å². The van der Waals surface area contributed by atoms with Crippen LogP contribution in [0.15, 0.2) is 36.5 Å². The number of benzene rings is 1. The zero-order valence-corrected chi connectivity index (χ0v) is 8.21. The summed E-state index contributed by atoms with van der Waals surface area (Å²) in [7, 11) is 0. The zero-order valence-electron chi connectivity index (χ0n) is 8.21. The van der Waals surface area contributed by atoms with Gasteiger partial charge in [0.2, 0.25) is 5.78 Å². The Balaban J connectivity index is 2.65. The third-order valence-electron chi connectivity index (χ3n) is 2.22. The fourth-order valence-electron chi connectivity index (χ4n) is 1.49. The van der Waals surface area contributed by atoms with Gasteiger partial charge in [-0.1, -0.05) is 18.2 Å². The minimum atomic E-state index is -1.05. The van der Waals surface area contributed by atoms with Crippen LogP contribution < -0.4 is 0 Å². The van der Waals surface area contributed by atoms with Gasteiger partial charge in [0.05, 0.1) is 5.52 Å². The molecule has 0 fully saturated rings. The van der Waals surface area contributed by atoms with Gasteiger partial charge in [-0.25, -0.2) is 0 Å². The molecular formula is C12H7NO3. The van der Waals surface area contributed by atoms with E-state index in [2.05, 4.69) is 4.98 Å². The topological polar surface area (TPSA) is 64.1 Å². The van der Waals surface area contributed by atoms with E-state index in [9.17, 15) is 14.4 Å². The lowest BCUT2D eigenvalue weighted by Crippen LogP contribution is -2.15. The van der Waals surface area contributed by atoms with Crippen molar-refractivity contribution in [1.82, 2.24) is 4.98 Å². The Morgan fingerprint density at radius 3 is 2.69 bits per heavy atom. The van der Waals surface area contributed by atoms with Crippen molar-refractivity contribution in [2.45, 2.75) is 0 Å². The first-order valence-corrected chi connectivity index (χ1v) is 4.61. The number of carbonyl (C=O) groups excluding carboxylic acids is 3. The monoisotopic (exact) mass is 213 g/mol. The molecule has 2 aromatic rings. The molecule has 16 heavy (non-hydrogen) atoms. The van der Waals surface area contributed by atoms with Crippen molar-refractivity contribution in [1.29, 1.82) is 0 Å². The first kappa shape index (κ1) is 10.2. The SMILES string of the molecule is O=CC(=O)C(=O)c1cccc2ncccc12. The highest BCUT2D eigenvalue weighted by Gasteiger charge is 2.17. The maximum absolute atomic E-state index is 11.6. The Labute approximate surface area is 90.9 Å². The van der Waals surface area contributed by atoms with Gasteiger partial charge in [0.15, 0.2) is 6.29 Å². The number of hydrogen-bond acceptors (Lipinski definition) is 4. The molecule has 0 atom stereocenters. The molecule has 0 bridgehead atoms. The molecule has 0 aliphatic carbocycles. The molecular weight excluding hydrogens is 206 g/mol. The highest BCUT2D eigenvalue weighted by molar-refractivity contribution is 6.62. The number of pyridine rings is 1. The maximum Gasteiger partial charge on any atom is 0.265 e. The fraction of sp³-hybridized carbons (Fsp3) is 0. The minimum Gasteiger partial charge on any atom is -0.294 e. The summed E-state index contributed by atoms with van der Waals surface area (Å²) in [6, 6.07) is 8.23. The number of Topliss-reactive ketones (excluding diaryl/α,β-unsaturated/α-hetero) is 2. The summed E-state index contributed by atoms with van der Waals surface area (Å²) >= 11 is 0. The van der Waals surface area contributed by atoms with E-state index in [-0.39, 0.29) is 11.8 Å². The second-order valence-corrected chi connectivity index (χ2v) is 3.19. The Hall–Kier alpha value is -2.36. The van der Waals surface area contributed by atoms with Crippen molar-refractivity contribution < 1.29 is 14.4 Å². The molecule has 0 aliphatic rings. The van der Waals surface area contributed by atoms with Crippen LogP contribution in [0.3, 0.4) is 0 Å². The summed E-state index contributed by atoms with van der Waals surface area (Å²) in [5, 5.41) is 0.574. The van der Waals surface area contributed by atoms with Gasteiger partial charge in [-0.2, -0.15) is 0 Å². The number of carbonyl (C=O) groups is 3. The molecule has 4 nitrogen and oxygen atoms in total. The van der Waals surface area contributed by atoms with Crippen molar-refractivity contribution >= 4 is 28.8 Å². The number of rotatable bonds is 3. The van der Waals surface area contributed by atoms with Crippen LogP contribution in [0, 0.1) is 0 Å². The molecule has 4 heteroatoms. The third-order valence-corrected chi connectivity index (χ3v) is 2.22. The molecule has 0 saturated heterocycles. The molecule has 0 radical (unpaired) electrons. The Bertz CT molecular complexity index is 584. The molecule has 0 N–H and O–H groups in total. The summed E-state index contributed by atoms with van der Waals surface area (Å²) in [4.78, 5) is 36.9. The Morgan fingerprint density at radius 1 is 1.12 bits per heavy atom. The molecule has 0 aliphatic heterocycles. The summed E-state index contributed by atoms with van der Waals surface area (Å²) in [6.45, 7) is 0. The molecule has 1 heterocycles. The van der Waals surface area contributed by atoms with Crippen LogP contribution in [0.2, 0.25) is 0 Å². The zero-order chi connectivity index (χ0) is 11.5. The highest BCUT2D eigenvalue weighted by Crippen LogP contribution is 2.16. The molecule has 2 rings (SSSR count). The number of hydrogen-bond donors (Lipinski definition) is 0. The average molecular weight is 213 g/mol. The van der Waals surface area contributed by atoms with Gasteiger partial charge in [0.25, 0.3) is 5.78 Å². The summed E-state index contributed by atoms with van der Waals surface area (Å²) in [5.41, 5.74) is 0.828. The van der Waals surface area contributed by atoms with Crippen LogP contribution in [-0.4, -0.2) is 22.8 Å². The molecule has 0 spiro atoms. The van der Waals surface area contributed by atoms with Gasteiger partial charge in [-0.05, 0) is 12.1 Å². The minimum absolute atomic E-state index is 0.0253. The van der Waals surface area contributed by atoms with Crippen molar-refractivity contribution in [2.75, 3.05) is 0 Å². The van der Waals surface area contributed by atoms with Crippen LogP contribution in [0.4, 0.5) is 0 Å². The number of fused-ring (bicyclic) bond motifs is 1. The lowest BCUT2D eigenvalue weighted by Gasteiger charge is -2.01. The fourth-order valence-corrected chi connectivity index (χ4v) is 1.49. The average Bonchev–Trinajstić information content (AvgIpc) is 2.36. The molecule has 1 aromatic carbocycles. The van der Waals surface area contributed by atoms with Crippen LogP contribution in [0.1, 0.15) is 10.4 Å². The van der Waals surface area contributed by atoms with Crippen molar-refractivity contribution in [3.05, 3.63) is 42.1 Å². The van der Waals surface area contributed by atoms with Crippen molar-refractivity contribution in [2.24, 2.45) is 0 Å². The molecule has 0 unspecified atom stereocenters. The molecule has 1 aromatic heterocycles. The van der Waals surface area contributed by atoms with Gasteiger partial charge < -0.3 is 0 Å². The van der Waals surface area contributed by atoms with E-state index >= 15 is 0 Å². The quantitative estimate of drug-likeness (QED) is 0.332. The predicted octanol–water partition coefficient (Wildman–Crippen LogP) is 1.19. The normalized spacial score (nSPS) is 10.0. The van der Waals surface area contributed by atoms with E-state index < -0.39 is 11.6 Å². The predicted molar refractivity (Wildman–Crippen MR) is 57.1 cm³/mol. The lowest BCUT2D eigenvalue weighted by molar-refractivity contribution is -0.126. The second kappa shape index (κ2) is 4.02. The smallest absolute Gasteiger partial charge is 0.265 e. The van der Waals surface area contributed by atoms with Gasteiger partial charge >= 0.3 is 0 Å². The first-order chi connectivity index (χ1) is 7.74. The number of aldehydes is 1. The Morgan fingerprint density at radius 2 is 1.94 bits per heavy atom. The van der Waals surface area contributed by atoms with Crippen LogP contribution in [0.5, 0.6) is 0 Å². The largest absolute Gasteiger partial charge is 0.294 e. The van der Waals surface area contributed by atoms with Crippen molar-refractivity contribution in [3.63, 3.8) is 0 Å².